The average Bonchev–Trinajstić information content (AvgIpc) is 2.45. The van der Waals surface area contributed by atoms with Crippen molar-refractivity contribution in [3.05, 3.63) is 34.9 Å². The van der Waals surface area contributed by atoms with E-state index in [0.29, 0.717) is 6.61 Å². The van der Waals surface area contributed by atoms with Crippen LogP contribution in [0.5, 0.6) is 0 Å². The summed E-state index contributed by atoms with van der Waals surface area (Å²) >= 11 is 0. The van der Waals surface area contributed by atoms with Crippen LogP contribution in [0.25, 0.3) is 0 Å². The number of ether oxygens (including phenoxy) is 1. The molecule has 0 aliphatic carbocycles. The standard InChI is InChI=1S/C16H23NO3/c1-12-4-3-5-13(2)15(12)16(19)17-8-6-14(7-9-17)20-11-10-18/h3-5,14,18H,6-11H2,1-2H3. The number of benzene rings is 1. The highest BCUT2D eigenvalue weighted by Crippen LogP contribution is 2.20. The van der Waals surface area contributed by atoms with Crippen molar-refractivity contribution in [2.24, 2.45) is 0 Å². The van der Waals surface area contributed by atoms with Crippen molar-refractivity contribution in [2.75, 3.05) is 26.3 Å². The molecule has 110 valence electrons. The summed E-state index contributed by atoms with van der Waals surface area (Å²) in [5, 5.41) is 8.76. The Morgan fingerprint density at radius 2 is 1.90 bits per heavy atom. The number of carbonyl (C=O) groups is 1. The lowest BCUT2D eigenvalue weighted by Gasteiger charge is -2.32. The molecule has 0 aromatic heterocycles. The van der Waals surface area contributed by atoms with E-state index in [-0.39, 0.29) is 18.6 Å². The number of hydrogen-bond acceptors (Lipinski definition) is 3. The molecule has 0 bridgehead atoms. The minimum Gasteiger partial charge on any atom is -0.394 e. The molecule has 0 radical (unpaired) electrons. The second-order valence-electron chi connectivity index (χ2n) is 5.35. The smallest absolute Gasteiger partial charge is 0.254 e. The van der Waals surface area contributed by atoms with Crippen molar-refractivity contribution in [3.63, 3.8) is 0 Å². The van der Waals surface area contributed by atoms with E-state index in [4.69, 9.17) is 9.84 Å². The Morgan fingerprint density at radius 1 is 1.30 bits per heavy atom. The van der Waals surface area contributed by atoms with Crippen LogP contribution in [0.4, 0.5) is 0 Å². The first-order chi connectivity index (χ1) is 9.63. The quantitative estimate of drug-likeness (QED) is 0.914. The number of nitrogens with zero attached hydrogens (tertiary/aromatic N) is 1. The van der Waals surface area contributed by atoms with Gasteiger partial charge in [0.15, 0.2) is 0 Å². The lowest BCUT2D eigenvalue weighted by atomic mass is 10.00. The number of aliphatic hydroxyl groups excluding tert-OH is 1. The van der Waals surface area contributed by atoms with E-state index in [2.05, 4.69) is 0 Å². The molecule has 1 aliphatic rings. The molecular formula is C16H23NO3. The number of hydrogen-bond donors (Lipinski definition) is 1. The van der Waals surface area contributed by atoms with E-state index in [1.54, 1.807) is 0 Å². The Kier molecular flexibility index (Phi) is 5.15. The topological polar surface area (TPSA) is 49.8 Å². The highest BCUT2D eigenvalue weighted by Gasteiger charge is 2.25. The second kappa shape index (κ2) is 6.86. The van der Waals surface area contributed by atoms with Crippen molar-refractivity contribution in [2.45, 2.75) is 32.8 Å². The first-order valence-electron chi connectivity index (χ1n) is 7.21. The molecule has 0 unspecified atom stereocenters. The number of rotatable bonds is 4. The molecule has 1 heterocycles. The van der Waals surface area contributed by atoms with Crippen LogP contribution < -0.4 is 0 Å². The second-order valence-corrected chi connectivity index (χ2v) is 5.35. The van der Waals surface area contributed by atoms with Gasteiger partial charge in [0.25, 0.3) is 5.91 Å². The fraction of sp³-hybridized carbons (Fsp3) is 0.562. The van der Waals surface area contributed by atoms with Crippen LogP contribution in [-0.2, 0) is 4.74 Å². The molecule has 1 N–H and O–H groups in total. The number of aryl methyl sites for hydroxylation is 2. The third kappa shape index (κ3) is 3.38. The fourth-order valence-corrected chi connectivity index (χ4v) is 2.75. The summed E-state index contributed by atoms with van der Waals surface area (Å²) in [4.78, 5) is 14.5. The van der Waals surface area contributed by atoms with Crippen molar-refractivity contribution in [1.82, 2.24) is 4.90 Å². The molecule has 4 nitrogen and oxygen atoms in total. The summed E-state index contributed by atoms with van der Waals surface area (Å²) in [5.41, 5.74) is 2.91. The van der Waals surface area contributed by atoms with E-state index >= 15 is 0 Å². The van der Waals surface area contributed by atoms with Crippen LogP contribution in [0.2, 0.25) is 0 Å². The summed E-state index contributed by atoms with van der Waals surface area (Å²) in [7, 11) is 0. The zero-order valence-electron chi connectivity index (χ0n) is 12.3. The molecule has 0 spiro atoms. The van der Waals surface area contributed by atoms with Gasteiger partial charge >= 0.3 is 0 Å². The van der Waals surface area contributed by atoms with Crippen LogP contribution in [0.15, 0.2) is 18.2 Å². The largest absolute Gasteiger partial charge is 0.394 e. The summed E-state index contributed by atoms with van der Waals surface area (Å²) in [6.45, 7) is 5.86. The molecule has 1 amide bonds. The first-order valence-corrected chi connectivity index (χ1v) is 7.21. The van der Waals surface area contributed by atoms with E-state index in [9.17, 15) is 4.79 Å². The van der Waals surface area contributed by atoms with Gasteiger partial charge in [0, 0.05) is 18.7 Å². The molecule has 1 fully saturated rings. The Labute approximate surface area is 120 Å². The van der Waals surface area contributed by atoms with Gasteiger partial charge in [-0.15, -0.1) is 0 Å². The minimum atomic E-state index is 0.0571. The predicted molar refractivity (Wildman–Crippen MR) is 77.9 cm³/mol. The van der Waals surface area contributed by atoms with Gasteiger partial charge in [0.2, 0.25) is 0 Å². The molecule has 1 saturated heterocycles. The van der Waals surface area contributed by atoms with E-state index in [1.807, 2.05) is 36.9 Å². The molecule has 20 heavy (non-hydrogen) atoms. The number of amides is 1. The maximum absolute atomic E-state index is 12.6. The van der Waals surface area contributed by atoms with Gasteiger partial charge in [-0.05, 0) is 37.8 Å². The third-order valence-corrected chi connectivity index (χ3v) is 3.87. The summed E-state index contributed by atoms with van der Waals surface area (Å²) in [6, 6.07) is 5.95. The van der Waals surface area contributed by atoms with Crippen LogP contribution in [0.1, 0.15) is 34.3 Å². The molecule has 1 aromatic carbocycles. The Morgan fingerprint density at radius 3 is 2.45 bits per heavy atom. The highest BCUT2D eigenvalue weighted by molar-refractivity contribution is 5.97. The van der Waals surface area contributed by atoms with Crippen LogP contribution in [0.3, 0.4) is 0 Å². The lowest BCUT2D eigenvalue weighted by Crippen LogP contribution is -2.41. The zero-order chi connectivity index (χ0) is 14.5. The van der Waals surface area contributed by atoms with Gasteiger partial charge in [-0.25, -0.2) is 0 Å². The molecule has 2 rings (SSSR count). The van der Waals surface area contributed by atoms with Crippen molar-refractivity contribution >= 4 is 5.91 Å². The van der Waals surface area contributed by atoms with E-state index in [0.717, 1.165) is 42.6 Å². The molecular weight excluding hydrogens is 254 g/mol. The van der Waals surface area contributed by atoms with E-state index < -0.39 is 0 Å². The number of piperidine rings is 1. The fourth-order valence-electron chi connectivity index (χ4n) is 2.75. The third-order valence-electron chi connectivity index (χ3n) is 3.87. The van der Waals surface area contributed by atoms with Crippen LogP contribution >= 0.6 is 0 Å². The Hall–Kier alpha value is -1.39. The first kappa shape index (κ1) is 15.0. The highest BCUT2D eigenvalue weighted by atomic mass is 16.5. The van der Waals surface area contributed by atoms with Gasteiger partial charge in [-0.1, -0.05) is 18.2 Å². The van der Waals surface area contributed by atoms with Gasteiger partial charge in [0.05, 0.1) is 19.3 Å². The summed E-state index contributed by atoms with van der Waals surface area (Å²) < 4.78 is 5.53. The van der Waals surface area contributed by atoms with Gasteiger partial charge < -0.3 is 14.7 Å². The Balaban J connectivity index is 1.98. The Bertz CT molecular complexity index is 445. The predicted octanol–water partition coefficient (Wildman–Crippen LogP) is 1.92. The van der Waals surface area contributed by atoms with Crippen molar-refractivity contribution in [1.29, 1.82) is 0 Å². The number of carbonyl (C=O) groups excluding carboxylic acids is 1. The molecule has 4 heteroatoms. The van der Waals surface area contributed by atoms with Crippen molar-refractivity contribution in [3.8, 4) is 0 Å². The average molecular weight is 277 g/mol. The maximum Gasteiger partial charge on any atom is 0.254 e. The van der Waals surface area contributed by atoms with Gasteiger partial charge in [0.1, 0.15) is 0 Å². The lowest BCUT2D eigenvalue weighted by molar-refractivity contribution is -0.00556. The van der Waals surface area contributed by atoms with Crippen LogP contribution in [-0.4, -0.2) is 48.3 Å². The molecule has 0 atom stereocenters. The molecule has 0 saturated carbocycles. The summed E-state index contributed by atoms with van der Waals surface area (Å²) in [5.74, 6) is 0.126. The monoisotopic (exact) mass is 277 g/mol. The minimum absolute atomic E-state index is 0.0571. The maximum atomic E-state index is 12.6. The van der Waals surface area contributed by atoms with Crippen LogP contribution in [0, 0.1) is 13.8 Å². The van der Waals surface area contributed by atoms with Crippen molar-refractivity contribution < 1.29 is 14.6 Å². The van der Waals surface area contributed by atoms with E-state index in [1.165, 1.54) is 0 Å². The van der Waals surface area contributed by atoms with Gasteiger partial charge in [-0.2, -0.15) is 0 Å². The molecule has 1 aliphatic heterocycles. The number of aliphatic hydroxyl groups is 1. The molecule has 1 aromatic rings. The zero-order valence-corrected chi connectivity index (χ0v) is 12.3. The normalized spacial score (nSPS) is 16.4. The number of likely N-dealkylation sites (tertiary alicyclic amines) is 1. The van der Waals surface area contributed by atoms with Gasteiger partial charge in [-0.3, -0.25) is 4.79 Å². The summed E-state index contributed by atoms with van der Waals surface area (Å²) in [6.07, 6.45) is 1.86. The SMILES string of the molecule is Cc1cccc(C)c1C(=O)N1CCC(OCCO)CC1.